The largest absolute Gasteiger partial charge is 0.457 e. The average molecular weight is 341 g/mol. The lowest BCUT2D eigenvalue weighted by Crippen LogP contribution is -2.20. The Balaban J connectivity index is 2.52. The molecule has 2 N–H and O–H groups in total. The van der Waals surface area contributed by atoms with Crippen LogP contribution in [0.4, 0.5) is 5.69 Å². The highest BCUT2D eigenvalue weighted by molar-refractivity contribution is 7.90. The SMILES string of the molecule is C=CCOC(=O)c1cccn1S(=O)(=O)c1cc(Cl)ccc1N. The smallest absolute Gasteiger partial charge is 0.356 e. The standard InChI is InChI=1S/C14H13ClN2O4S/c1-2-8-21-14(18)12-4-3-7-17(12)22(19,20)13-9-10(15)5-6-11(13)16/h2-7,9H,1,8,16H2. The molecule has 0 fully saturated rings. The fraction of sp³-hybridized carbons (Fsp3) is 0.0714. The molecule has 2 rings (SSSR count). The highest BCUT2D eigenvalue weighted by atomic mass is 35.5. The third-order valence-corrected chi connectivity index (χ3v) is 4.75. The van der Waals surface area contributed by atoms with Crippen LogP contribution in [0.1, 0.15) is 10.5 Å². The number of rotatable bonds is 5. The normalized spacial score (nSPS) is 11.1. The van der Waals surface area contributed by atoms with Crippen molar-refractivity contribution < 1.29 is 17.9 Å². The molecule has 116 valence electrons. The third kappa shape index (κ3) is 3.00. The van der Waals surface area contributed by atoms with Crippen LogP contribution in [-0.2, 0) is 14.8 Å². The van der Waals surface area contributed by atoms with Gasteiger partial charge in [-0.1, -0.05) is 24.3 Å². The van der Waals surface area contributed by atoms with Gasteiger partial charge in [0.15, 0.2) is 0 Å². The van der Waals surface area contributed by atoms with Crippen LogP contribution in [0.2, 0.25) is 5.02 Å². The van der Waals surface area contributed by atoms with Gasteiger partial charge in [0.2, 0.25) is 0 Å². The minimum atomic E-state index is -4.07. The van der Waals surface area contributed by atoms with Crippen LogP contribution >= 0.6 is 11.6 Å². The van der Waals surface area contributed by atoms with E-state index < -0.39 is 16.0 Å². The monoisotopic (exact) mass is 340 g/mol. The summed E-state index contributed by atoms with van der Waals surface area (Å²) in [5.41, 5.74) is 5.60. The molecule has 1 heterocycles. The van der Waals surface area contributed by atoms with Crippen LogP contribution in [-0.4, -0.2) is 25.0 Å². The summed E-state index contributed by atoms with van der Waals surface area (Å²) in [6.45, 7) is 3.40. The highest BCUT2D eigenvalue weighted by Gasteiger charge is 2.25. The Morgan fingerprint density at radius 2 is 2.14 bits per heavy atom. The Morgan fingerprint density at radius 1 is 1.41 bits per heavy atom. The number of hydrogen-bond donors (Lipinski definition) is 1. The molecular formula is C14H13ClN2O4S. The van der Waals surface area contributed by atoms with E-state index in [0.717, 1.165) is 3.97 Å². The number of halogens is 1. The second kappa shape index (κ2) is 6.25. The second-order valence-electron chi connectivity index (χ2n) is 4.26. The van der Waals surface area contributed by atoms with E-state index >= 15 is 0 Å². The van der Waals surface area contributed by atoms with Gasteiger partial charge >= 0.3 is 5.97 Å². The average Bonchev–Trinajstić information content (AvgIpc) is 2.97. The molecule has 0 bridgehead atoms. The van der Waals surface area contributed by atoms with E-state index in [2.05, 4.69) is 6.58 Å². The molecule has 0 radical (unpaired) electrons. The van der Waals surface area contributed by atoms with Gasteiger partial charge in [0.1, 0.15) is 17.2 Å². The topological polar surface area (TPSA) is 91.4 Å². The molecular weight excluding hydrogens is 328 g/mol. The molecule has 0 saturated carbocycles. The summed E-state index contributed by atoms with van der Waals surface area (Å²) in [6, 6.07) is 6.84. The van der Waals surface area contributed by atoms with Gasteiger partial charge in [0, 0.05) is 11.2 Å². The van der Waals surface area contributed by atoms with E-state index in [1.165, 1.54) is 42.6 Å². The Kier molecular flexibility index (Phi) is 4.58. The molecule has 0 saturated heterocycles. The molecule has 2 aromatic rings. The summed E-state index contributed by atoms with van der Waals surface area (Å²) in [5.74, 6) is -0.783. The molecule has 8 heteroatoms. The molecule has 0 atom stereocenters. The highest BCUT2D eigenvalue weighted by Crippen LogP contribution is 2.26. The summed E-state index contributed by atoms with van der Waals surface area (Å²) in [7, 11) is -4.07. The van der Waals surface area contributed by atoms with Gasteiger partial charge in [-0.15, -0.1) is 0 Å². The second-order valence-corrected chi connectivity index (χ2v) is 6.48. The zero-order valence-corrected chi connectivity index (χ0v) is 13.0. The first kappa shape index (κ1) is 16.1. The molecule has 0 spiro atoms. The molecule has 0 aliphatic carbocycles. The molecule has 0 amide bonds. The van der Waals surface area contributed by atoms with E-state index in [9.17, 15) is 13.2 Å². The number of aromatic nitrogens is 1. The third-order valence-electron chi connectivity index (χ3n) is 2.77. The Labute approximate surface area is 132 Å². The molecule has 0 unspecified atom stereocenters. The number of nitrogens with two attached hydrogens (primary N) is 1. The summed E-state index contributed by atoms with van der Waals surface area (Å²) < 4.78 is 31.0. The quantitative estimate of drug-likeness (QED) is 0.512. The number of nitrogens with zero attached hydrogens (tertiary/aromatic N) is 1. The van der Waals surface area contributed by atoms with Crippen molar-refractivity contribution in [2.75, 3.05) is 12.3 Å². The maximum atomic E-state index is 12.7. The van der Waals surface area contributed by atoms with Crippen LogP contribution in [0.25, 0.3) is 0 Å². The van der Waals surface area contributed by atoms with Crippen LogP contribution in [0.15, 0.2) is 54.1 Å². The molecule has 0 aliphatic heterocycles. The lowest BCUT2D eigenvalue weighted by Gasteiger charge is -2.12. The van der Waals surface area contributed by atoms with Gasteiger partial charge in [0.05, 0.1) is 5.69 Å². The first-order valence-corrected chi connectivity index (χ1v) is 7.95. The van der Waals surface area contributed by atoms with Gasteiger partial charge in [-0.3, -0.25) is 0 Å². The van der Waals surface area contributed by atoms with E-state index in [0.29, 0.717) is 0 Å². The van der Waals surface area contributed by atoms with E-state index in [1.54, 1.807) is 0 Å². The minimum Gasteiger partial charge on any atom is -0.457 e. The van der Waals surface area contributed by atoms with Crippen LogP contribution in [0.3, 0.4) is 0 Å². The number of carbonyl (C=O) groups is 1. The predicted molar refractivity (Wildman–Crippen MR) is 83.4 cm³/mol. The molecule has 22 heavy (non-hydrogen) atoms. The maximum Gasteiger partial charge on any atom is 0.356 e. The van der Waals surface area contributed by atoms with Crippen molar-refractivity contribution >= 4 is 33.3 Å². The first-order valence-electron chi connectivity index (χ1n) is 6.14. The van der Waals surface area contributed by atoms with Gasteiger partial charge in [0.25, 0.3) is 10.0 Å². The van der Waals surface area contributed by atoms with Crippen molar-refractivity contribution in [1.82, 2.24) is 3.97 Å². The van der Waals surface area contributed by atoms with E-state index in [1.807, 2.05) is 0 Å². The number of anilines is 1. The van der Waals surface area contributed by atoms with E-state index in [-0.39, 0.29) is 27.9 Å². The maximum absolute atomic E-state index is 12.7. The Hall–Kier alpha value is -2.25. The van der Waals surface area contributed by atoms with Crippen molar-refractivity contribution in [2.45, 2.75) is 4.90 Å². The molecule has 1 aromatic carbocycles. The first-order chi connectivity index (χ1) is 10.4. The van der Waals surface area contributed by atoms with Crippen molar-refractivity contribution in [3.8, 4) is 0 Å². The van der Waals surface area contributed by atoms with Crippen molar-refractivity contribution in [3.05, 3.63) is 59.9 Å². The van der Waals surface area contributed by atoms with Gasteiger partial charge in [-0.25, -0.2) is 17.2 Å². The van der Waals surface area contributed by atoms with Crippen LogP contribution in [0.5, 0.6) is 0 Å². The fourth-order valence-electron chi connectivity index (χ4n) is 1.78. The summed E-state index contributed by atoms with van der Waals surface area (Å²) >= 11 is 5.82. The molecule has 6 nitrogen and oxygen atoms in total. The summed E-state index contributed by atoms with van der Waals surface area (Å²) in [6.07, 6.45) is 2.62. The van der Waals surface area contributed by atoms with Crippen LogP contribution in [0, 0.1) is 0 Å². The lowest BCUT2D eigenvalue weighted by molar-refractivity contribution is 0.0541. The Morgan fingerprint density at radius 3 is 2.82 bits per heavy atom. The number of hydrogen-bond acceptors (Lipinski definition) is 5. The van der Waals surface area contributed by atoms with Crippen molar-refractivity contribution in [2.24, 2.45) is 0 Å². The minimum absolute atomic E-state index is 0.0244. The molecule has 0 aliphatic rings. The lowest BCUT2D eigenvalue weighted by atomic mass is 10.3. The van der Waals surface area contributed by atoms with Gasteiger partial charge < -0.3 is 10.5 Å². The molecule has 1 aromatic heterocycles. The van der Waals surface area contributed by atoms with E-state index in [4.69, 9.17) is 22.1 Å². The summed E-state index contributed by atoms with van der Waals surface area (Å²) in [4.78, 5) is 11.7. The predicted octanol–water partition coefficient (Wildman–Crippen LogP) is 2.30. The van der Waals surface area contributed by atoms with Crippen molar-refractivity contribution in [1.29, 1.82) is 0 Å². The summed E-state index contributed by atoms with van der Waals surface area (Å²) in [5, 5.41) is 0.218. The number of benzene rings is 1. The number of carbonyl (C=O) groups excluding carboxylic acids is 1. The van der Waals surface area contributed by atoms with Crippen LogP contribution < -0.4 is 5.73 Å². The van der Waals surface area contributed by atoms with Crippen molar-refractivity contribution in [3.63, 3.8) is 0 Å². The van der Waals surface area contributed by atoms with Gasteiger partial charge in [-0.2, -0.15) is 0 Å². The Bertz CT molecular complexity index is 827. The zero-order chi connectivity index (χ0) is 16.3. The number of nitrogen functional groups attached to an aromatic ring is 1. The fourth-order valence-corrected chi connectivity index (χ4v) is 3.50. The zero-order valence-electron chi connectivity index (χ0n) is 11.4. The number of esters is 1. The van der Waals surface area contributed by atoms with Gasteiger partial charge in [-0.05, 0) is 30.3 Å². The number of ether oxygens (including phenoxy) is 1.